The molecule has 0 aromatic heterocycles. The molecule has 4 aliphatic rings. The normalized spacial score (nSPS) is 20.4. The van der Waals surface area contributed by atoms with Gasteiger partial charge in [-0.3, -0.25) is 19.8 Å². The van der Waals surface area contributed by atoms with Crippen LogP contribution in [0.5, 0.6) is 0 Å². The van der Waals surface area contributed by atoms with Crippen molar-refractivity contribution in [3.63, 3.8) is 0 Å². The van der Waals surface area contributed by atoms with Crippen molar-refractivity contribution in [1.82, 2.24) is 24.7 Å². The molecule has 4 aromatic rings. The molecule has 366 valence electrons. The lowest BCUT2D eigenvalue weighted by atomic mass is 9.71. The number of carbonyl (C=O) groups excluding carboxylic acids is 1. The predicted molar refractivity (Wildman–Crippen MR) is 279 cm³/mol. The van der Waals surface area contributed by atoms with Gasteiger partial charge in [0.2, 0.25) is 0 Å². The Balaban J connectivity index is 0.00000684. The first-order chi connectivity index (χ1) is 32.4. The third-order valence-electron chi connectivity index (χ3n) is 13.8. The zero-order valence-electron chi connectivity index (χ0n) is 39.0. The van der Waals surface area contributed by atoms with Gasteiger partial charge in [-0.25, -0.2) is 13.1 Å². The minimum Gasteiger partial charge on any atom is -0.376 e. The molecule has 1 amide bonds. The van der Waals surface area contributed by atoms with Crippen LogP contribution in [0.2, 0.25) is 5.02 Å². The number of hydrogen-bond acceptors (Lipinski definition) is 12. The average Bonchev–Trinajstić information content (AvgIpc) is 3.34. The Kier molecular flexibility index (Phi) is 18.3. The van der Waals surface area contributed by atoms with Crippen LogP contribution in [0.1, 0.15) is 67.8 Å². The van der Waals surface area contributed by atoms with Crippen molar-refractivity contribution >= 4 is 74.3 Å². The number of likely N-dealkylation sites (tertiary alicyclic amines) is 1. The van der Waals surface area contributed by atoms with Crippen LogP contribution in [0.25, 0.3) is 5.57 Å². The number of piperidine rings is 1. The topological polar surface area (TPSA) is 143 Å². The number of sulfonamides is 1. The second-order valence-corrected chi connectivity index (χ2v) is 22.2. The number of hydrogen-bond donors (Lipinski definition) is 3. The van der Waals surface area contributed by atoms with E-state index in [9.17, 15) is 23.3 Å². The van der Waals surface area contributed by atoms with Gasteiger partial charge >= 0.3 is 0 Å². The maximum Gasteiger partial charge on any atom is 0.293 e. The smallest absolute Gasteiger partial charge is 0.293 e. The van der Waals surface area contributed by atoms with Gasteiger partial charge in [0.15, 0.2) is 0 Å². The Labute approximate surface area is 418 Å². The van der Waals surface area contributed by atoms with Crippen LogP contribution in [0, 0.1) is 15.5 Å². The Morgan fingerprint density at radius 3 is 2.26 bits per heavy atom. The van der Waals surface area contributed by atoms with Crippen molar-refractivity contribution in [2.45, 2.75) is 67.7 Å². The van der Waals surface area contributed by atoms with E-state index in [1.54, 1.807) is 23.9 Å². The first-order valence-corrected chi connectivity index (χ1v) is 26.7. The van der Waals surface area contributed by atoms with E-state index in [1.165, 1.54) is 48.1 Å². The monoisotopic (exact) mass is 1000 g/mol. The van der Waals surface area contributed by atoms with E-state index in [2.05, 4.69) is 54.0 Å². The number of allylic oxidation sites excluding steroid dienone is 1. The van der Waals surface area contributed by atoms with Crippen molar-refractivity contribution in [3.8, 4) is 0 Å². The Morgan fingerprint density at radius 1 is 0.868 bits per heavy atom. The Hall–Kier alpha value is -4.19. The molecule has 3 aliphatic heterocycles. The predicted octanol–water partition coefficient (Wildman–Crippen LogP) is 8.91. The number of carbonyl (C=O) groups is 1. The lowest BCUT2D eigenvalue weighted by Crippen LogP contribution is -2.49. The van der Waals surface area contributed by atoms with E-state index in [-0.39, 0.29) is 45.7 Å². The number of benzene rings is 4. The Morgan fingerprint density at radius 2 is 1.57 bits per heavy atom. The summed E-state index contributed by atoms with van der Waals surface area (Å²) in [6, 6.07) is 29.0. The molecule has 0 bridgehead atoms. The molecule has 4 aromatic carbocycles. The van der Waals surface area contributed by atoms with Crippen molar-refractivity contribution in [2.24, 2.45) is 5.41 Å². The average molecular weight is 1010 g/mol. The molecule has 0 saturated carbocycles. The number of thioether (sulfide) groups is 1. The number of nitro groups is 1. The number of anilines is 2. The molecule has 0 radical (unpaired) electrons. The number of nitro benzene ring substituents is 1. The highest BCUT2D eigenvalue weighted by atomic mass is 35.5. The molecule has 13 nitrogen and oxygen atoms in total. The van der Waals surface area contributed by atoms with E-state index < -0.39 is 20.9 Å². The first kappa shape index (κ1) is 51.7. The number of nitrogens with one attached hydrogen (secondary N) is 3. The lowest BCUT2D eigenvalue weighted by Gasteiger charge is -2.43. The molecular formula is C51H66Cl2N8O5S2. The fourth-order valence-electron chi connectivity index (χ4n) is 10.1. The van der Waals surface area contributed by atoms with Crippen LogP contribution >= 0.6 is 35.8 Å². The van der Waals surface area contributed by atoms with Gasteiger partial charge in [0, 0.05) is 111 Å². The Bertz CT molecular complexity index is 2450. The van der Waals surface area contributed by atoms with Crippen molar-refractivity contribution < 1.29 is 18.1 Å². The van der Waals surface area contributed by atoms with E-state index in [0.717, 1.165) is 132 Å². The van der Waals surface area contributed by atoms with Gasteiger partial charge in [-0.05, 0) is 129 Å². The van der Waals surface area contributed by atoms with Crippen molar-refractivity contribution in [1.29, 1.82) is 0 Å². The van der Waals surface area contributed by atoms with E-state index in [0.29, 0.717) is 5.75 Å². The van der Waals surface area contributed by atoms with Gasteiger partial charge in [0.25, 0.3) is 21.6 Å². The third kappa shape index (κ3) is 14.0. The zero-order chi connectivity index (χ0) is 46.8. The lowest BCUT2D eigenvalue weighted by molar-refractivity contribution is -0.384. The fourth-order valence-corrected chi connectivity index (χ4v) is 12.2. The minimum atomic E-state index is -4.44. The summed E-state index contributed by atoms with van der Waals surface area (Å²) < 4.78 is 29.3. The summed E-state index contributed by atoms with van der Waals surface area (Å²) in [5, 5.41) is 20.0. The van der Waals surface area contributed by atoms with Crippen LogP contribution in [0.3, 0.4) is 0 Å². The van der Waals surface area contributed by atoms with Gasteiger partial charge < -0.3 is 25.3 Å². The number of nitrogens with zero attached hydrogens (tertiary/aromatic N) is 5. The molecule has 17 heteroatoms. The maximum absolute atomic E-state index is 13.6. The summed E-state index contributed by atoms with van der Waals surface area (Å²) in [6.45, 7) is 15.2. The van der Waals surface area contributed by atoms with Crippen LogP contribution in [0.4, 0.5) is 17.1 Å². The quantitative estimate of drug-likeness (QED) is 0.0498. The maximum atomic E-state index is 13.6. The highest BCUT2D eigenvalue weighted by Gasteiger charge is 2.35. The second-order valence-electron chi connectivity index (χ2n) is 18.9. The third-order valence-corrected chi connectivity index (χ3v) is 16.6. The highest BCUT2D eigenvalue weighted by molar-refractivity contribution is 7.99. The molecular weight excluding hydrogens is 940 g/mol. The molecule has 3 N–H and O–H groups in total. The van der Waals surface area contributed by atoms with Crippen LogP contribution in [-0.2, 0) is 10.0 Å². The standard InChI is InChI=1S/C51H65ClN8O5S2.ClH/c1-51(38-58-28-23-53-24-29-58)22-20-47(39-10-14-42(52)15-11-39)41(35-51)36-57-30-32-59(33-31-57)44-16-12-40(13-17-44)50(61)55-67(64,65)46-18-19-48(49(34-46)60(62)63)54-43(21-27-56-25-6-3-7-26-56)37-66-45-8-4-2-5-9-45;/h2,4-5,8-19,34,43,53-54H,3,6-7,20-33,35-38H2,1H3,(H,55,61);1H/t43-,51-;/m1./s1. The van der Waals surface area contributed by atoms with Crippen molar-refractivity contribution in [3.05, 3.63) is 129 Å². The summed E-state index contributed by atoms with van der Waals surface area (Å²) in [6.07, 6.45) is 7.63. The molecule has 3 fully saturated rings. The molecule has 1 aliphatic carbocycles. The van der Waals surface area contributed by atoms with Gasteiger partial charge in [-0.2, -0.15) is 0 Å². The summed E-state index contributed by atoms with van der Waals surface area (Å²) in [7, 11) is -4.44. The molecule has 8 rings (SSSR count). The minimum absolute atomic E-state index is 0. The highest BCUT2D eigenvalue weighted by Crippen LogP contribution is 2.44. The van der Waals surface area contributed by atoms with Gasteiger partial charge in [-0.15, -0.1) is 24.2 Å². The number of halogens is 2. The SMILES string of the molecule is C[C@@]1(CN2CCNCC2)CCC(c2ccc(Cl)cc2)=C(CN2CCN(c3ccc(C(=O)NS(=O)(=O)c4ccc(N[C@H](CCN5CCCCC5)CSc5ccccc5)c([N+](=O)[O-])c4)cc3)CC2)C1.Cl. The summed E-state index contributed by atoms with van der Waals surface area (Å²) >= 11 is 7.97. The van der Waals surface area contributed by atoms with Gasteiger partial charge in [-0.1, -0.05) is 60.9 Å². The van der Waals surface area contributed by atoms with Crippen molar-refractivity contribution in [2.75, 3.05) is 101 Å². The van der Waals surface area contributed by atoms with Gasteiger partial charge in [0.05, 0.1) is 9.82 Å². The summed E-state index contributed by atoms with van der Waals surface area (Å²) in [5.74, 6) is -0.138. The van der Waals surface area contributed by atoms with E-state index in [1.807, 2.05) is 54.6 Å². The molecule has 68 heavy (non-hydrogen) atoms. The van der Waals surface area contributed by atoms with Crippen LogP contribution in [0.15, 0.2) is 112 Å². The fraction of sp³-hybridized carbons (Fsp3) is 0.471. The first-order valence-electron chi connectivity index (χ1n) is 23.9. The summed E-state index contributed by atoms with van der Waals surface area (Å²) in [5.41, 5.74) is 5.46. The second kappa shape index (κ2) is 24.1. The van der Waals surface area contributed by atoms with E-state index >= 15 is 0 Å². The summed E-state index contributed by atoms with van der Waals surface area (Å²) in [4.78, 5) is 35.9. The molecule has 0 spiro atoms. The van der Waals surface area contributed by atoms with Crippen LogP contribution in [-0.4, -0.2) is 131 Å². The van der Waals surface area contributed by atoms with Crippen LogP contribution < -0.4 is 20.3 Å². The van der Waals surface area contributed by atoms with E-state index in [4.69, 9.17) is 11.6 Å². The molecule has 3 heterocycles. The zero-order valence-corrected chi connectivity index (χ0v) is 42.2. The largest absolute Gasteiger partial charge is 0.376 e. The molecule has 3 saturated heterocycles. The molecule has 0 unspecified atom stereocenters. The number of amides is 1. The van der Waals surface area contributed by atoms with Gasteiger partial charge in [0.1, 0.15) is 5.69 Å². The number of rotatable bonds is 18. The number of piperazine rings is 2. The molecule has 2 atom stereocenters.